The summed E-state index contributed by atoms with van der Waals surface area (Å²) in [7, 11) is 0. The lowest BCUT2D eigenvalue weighted by Crippen LogP contribution is -2.44. The van der Waals surface area contributed by atoms with Gasteiger partial charge in [-0.05, 0) is 60.9 Å². The number of rotatable bonds is 6. The highest BCUT2D eigenvalue weighted by Crippen LogP contribution is 2.22. The topological polar surface area (TPSA) is 88.4 Å². The molecule has 1 saturated heterocycles. The van der Waals surface area contributed by atoms with Crippen LogP contribution in [0.3, 0.4) is 0 Å². The molecule has 7 heteroatoms. The lowest BCUT2D eigenvalue weighted by molar-refractivity contribution is 0.0900. The number of benzene rings is 1. The van der Waals surface area contributed by atoms with Crippen molar-refractivity contribution in [1.82, 2.24) is 21.2 Å². The molecule has 0 bridgehead atoms. The van der Waals surface area contributed by atoms with Gasteiger partial charge in [0.25, 0.3) is 5.91 Å². The lowest BCUT2D eigenvalue weighted by atomic mass is 10.1. The number of carbonyl (C=O) groups excluding carboxylic acids is 1. The molecule has 2 aromatic heterocycles. The number of hydrogen-bond acceptors (Lipinski definition) is 6. The third-order valence-electron chi connectivity index (χ3n) is 4.92. The van der Waals surface area contributed by atoms with Crippen molar-refractivity contribution in [3.63, 3.8) is 0 Å². The number of hydrogen-bond donors (Lipinski definition) is 3. The molecule has 7 nitrogen and oxygen atoms in total. The summed E-state index contributed by atoms with van der Waals surface area (Å²) in [6, 6.07) is 13.5. The Morgan fingerprint density at radius 1 is 1.17 bits per heavy atom. The maximum atomic E-state index is 12.5. The highest BCUT2D eigenvalue weighted by molar-refractivity contribution is 5.91. The predicted octanol–water partition coefficient (Wildman–Crippen LogP) is 3.17. The van der Waals surface area contributed by atoms with Crippen LogP contribution < -0.4 is 20.9 Å². The average Bonchev–Trinajstić information content (AvgIpc) is 3.39. The molecule has 1 aromatic carbocycles. The van der Waals surface area contributed by atoms with Crippen LogP contribution in [0.2, 0.25) is 0 Å². The minimum absolute atomic E-state index is 0.112. The molecule has 1 amide bonds. The van der Waals surface area contributed by atoms with Gasteiger partial charge in [-0.25, -0.2) is 10.9 Å². The van der Waals surface area contributed by atoms with E-state index in [4.69, 9.17) is 9.15 Å². The van der Waals surface area contributed by atoms with E-state index in [1.54, 1.807) is 24.5 Å². The van der Waals surface area contributed by atoms with Gasteiger partial charge in [0, 0.05) is 24.9 Å². The number of ether oxygens (including phenoxy) is 1. The number of furan rings is 1. The molecule has 0 saturated carbocycles. The Bertz CT molecular complexity index is 987. The van der Waals surface area contributed by atoms with Crippen molar-refractivity contribution in [1.29, 1.82) is 0 Å². The minimum atomic E-state index is -0.266. The van der Waals surface area contributed by atoms with Crippen LogP contribution in [0.25, 0.3) is 0 Å². The van der Waals surface area contributed by atoms with Crippen molar-refractivity contribution in [3.05, 3.63) is 83.1 Å². The highest BCUT2D eigenvalue weighted by atomic mass is 16.5. The van der Waals surface area contributed by atoms with E-state index in [2.05, 4.69) is 21.2 Å². The summed E-state index contributed by atoms with van der Waals surface area (Å²) in [5.74, 6) is 1.41. The number of aryl methyl sites for hydroxylation is 2. The maximum Gasteiger partial charge on any atom is 0.288 e. The summed E-state index contributed by atoms with van der Waals surface area (Å²) >= 11 is 0. The van der Waals surface area contributed by atoms with Crippen LogP contribution in [-0.2, 0) is 6.61 Å². The van der Waals surface area contributed by atoms with Crippen LogP contribution in [0.5, 0.6) is 5.75 Å². The second-order valence-electron chi connectivity index (χ2n) is 7.21. The van der Waals surface area contributed by atoms with Crippen LogP contribution in [0.15, 0.2) is 59.3 Å². The first-order valence-electron chi connectivity index (χ1n) is 9.59. The first-order chi connectivity index (χ1) is 14.1. The quantitative estimate of drug-likeness (QED) is 0.597. The number of nitrogens with zero attached hydrogens (tertiary/aromatic N) is 1. The summed E-state index contributed by atoms with van der Waals surface area (Å²) in [4.78, 5) is 16.5. The van der Waals surface area contributed by atoms with Crippen LogP contribution in [0.1, 0.15) is 45.5 Å². The lowest BCUT2D eigenvalue weighted by Gasteiger charge is -2.11. The fourth-order valence-electron chi connectivity index (χ4n) is 3.28. The zero-order valence-electron chi connectivity index (χ0n) is 16.4. The molecule has 1 aliphatic heterocycles. The Morgan fingerprint density at radius 2 is 2.00 bits per heavy atom. The van der Waals surface area contributed by atoms with Gasteiger partial charge in [-0.3, -0.25) is 9.78 Å². The molecular weight excluding hydrogens is 368 g/mol. The summed E-state index contributed by atoms with van der Waals surface area (Å²) in [6.07, 6.45) is 4.04. The Morgan fingerprint density at radius 3 is 2.83 bits per heavy atom. The number of nitrogens with one attached hydrogen (secondary N) is 3. The van der Waals surface area contributed by atoms with Crippen LogP contribution in [-0.4, -0.2) is 17.1 Å². The SMILES string of the molecule is Cc1ccc(C)c(OCc2ccc(C(=O)NC3CC(c4ccncc4)NN3)o2)c1. The number of aromatic nitrogens is 1. The molecule has 2 atom stereocenters. The molecule has 3 N–H and O–H groups in total. The third kappa shape index (κ3) is 4.64. The van der Waals surface area contributed by atoms with Crippen molar-refractivity contribution in [2.75, 3.05) is 0 Å². The molecule has 0 spiro atoms. The van der Waals surface area contributed by atoms with E-state index in [0.29, 0.717) is 5.76 Å². The van der Waals surface area contributed by atoms with Gasteiger partial charge in [0.1, 0.15) is 18.1 Å². The van der Waals surface area contributed by atoms with E-state index in [0.717, 1.165) is 28.9 Å². The molecular formula is C22H24N4O3. The van der Waals surface area contributed by atoms with Gasteiger partial charge >= 0.3 is 0 Å². The monoisotopic (exact) mass is 392 g/mol. The molecule has 4 rings (SSSR count). The third-order valence-corrected chi connectivity index (χ3v) is 4.92. The Balaban J connectivity index is 1.31. The van der Waals surface area contributed by atoms with Gasteiger partial charge in [0.15, 0.2) is 5.76 Å². The summed E-state index contributed by atoms with van der Waals surface area (Å²) < 4.78 is 11.5. The Hall–Kier alpha value is -3.16. The molecule has 150 valence electrons. The van der Waals surface area contributed by atoms with E-state index in [1.807, 2.05) is 44.2 Å². The molecule has 3 heterocycles. The maximum absolute atomic E-state index is 12.5. The Kier molecular flexibility index (Phi) is 5.59. The second kappa shape index (κ2) is 8.46. The van der Waals surface area contributed by atoms with Gasteiger partial charge < -0.3 is 14.5 Å². The zero-order valence-corrected chi connectivity index (χ0v) is 16.4. The second-order valence-corrected chi connectivity index (χ2v) is 7.21. The number of carbonyl (C=O) groups is 1. The van der Waals surface area contributed by atoms with Gasteiger partial charge in [-0.1, -0.05) is 12.1 Å². The number of hydrazine groups is 1. The molecule has 29 heavy (non-hydrogen) atoms. The number of amides is 1. The fourth-order valence-corrected chi connectivity index (χ4v) is 3.28. The van der Waals surface area contributed by atoms with Crippen molar-refractivity contribution >= 4 is 5.91 Å². The van der Waals surface area contributed by atoms with Gasteiger partial charge in [0.2, 0.25) is 0 Å². The smallest absolute Gasteiger partial charge is 0.288 e. The summed E-state index contributed by atoms with van der Waals surface area (Å²) in [5, 5.41) is 2.94. The molecule has 0 radical (unpaired) electrons. The fraction of sp³-hybridized carbons (Fsp3) is 0.273. The van der Waals surface area contributed by atoms with Crippen molar-refractivity contribution in [3.8, 4) is 5.75 Å². The first kappa shape index (κ1) is 19.2. The van der Waals surface area contributed by atoms with E-state index in [9.17, 15) is 4.79 Å². The molecule has 0 aliphatic carbocycles. The van der Waals surface area contributed by atoms with E-state index in [-0.39, 0.29) is 30.5 Å². The van der Waals surface area contributed by atoms with Crippen LogP contribution >= 0.6 is 0 Å². The molecule has 3 aromatic rings. The zero-order chi connectivity index (χ0) is 20.2. The molecule has 2 unspecified atom stereocenters. The number of pyridine rings is 1. The van der Waals surface area contributed by atoms with Crippen molar-refractivity contribution < 1.29 is 13.9 Å². The Labute approximate surface area is 169 Å². The standard InChI is InChI=1S/C22H24N4O3/c1-14-3-4-15(2)20(11-14)28-13-17-5-6-19(29-17)22(27)24-21-12-18(25-26-21)16-7-9-23-10-8-16/h3-11,18,21,25-26H,12-13H2,1-2H3,(H,24,27). The predicted molar refractivity (Wildman–Crippen MR) is 108 cm³/mol. The molecule has 1 aliphatic rings. The normalized spacial score (nSPS) is 18.6. The first-order valence-corrected chi connectivity index (χ1v) is 9.59. The summed E-state index contributed by atoms with van der Waals surface area (Å²) in [6.45, 7) is 4.29. The van der Waals surface area contributed by atoms with Crippen LogP contribution in [0, 0.1) is 13.8 Å². The van der Waals surface area contributed by atoms with E-state index >= 15 is 0 Å². The van der Waals surface area contributed by atoms with Gasteiger partial charge in [0.05, 0.1) is 6.17 Å². The highest BCUT2D eigenvalue weighted by Gasteiger charge is 2.27. The largest absolute Gasteiger partial charge is 0.485 e. The summed E-state index contributed by atoms with van der Waals surface area (Å²) in [5.41, 5.74) is 9.60. The van der Waals surface area contributed by atoms with E-state index in [1.165, 1.54) is 0 Å². The van der Waals surface area contributed by atoms with Crippen molar-refractivity contribution in [2.24, 2.45) is 0 Å². The van der Waals surface area contributed by atoms with Gasteiger partial charge in [-0.15, -0.1) is 0 Å². The van der Waals surface area contributed by atoms with Crippen LogP contribution in [0.4, 0.5) is 0 Å². The molecule has 1 fully saturated rings. The average molecular weight is 392 g/mol. The van der Waals surface area contributed by atoms with Crippen molar-refractivity contribution in [2.45, 2.75) is 39.1 Å². The minimum Gasteiger partial charge on any atom is -0.485 e. The van der Waals surface area contributed by atoms with Gasteiger partial charge in [-0.2, -0.15) is 0 Å². The van der Waals surface area contributed by atoms with E-state index < -0.39 is 0 Å².